The quantitative estimate of drug-likeness (QED) is 0.713. The standard InChI is InChI=1S/C9H17BN2O2/c1-7(2)13-10(14-8(3)4)9-5-11-12-6-9/h5-8H,1-4H3,(H,11,12). The maximum Gasteiger partial charge on any atom is 0.497 e. The van der Waals surface area contributed by atoms with Gasteiger partial charge in [-0.1, -0.05) is 0 Å². The average Bonchev–Trinajstić information content (AvgIpc) is 2.52. The fourth-order valence-corrected chi connectivity index (χ4v) is 1.07. The summed E-state index contributed by atoms with van der Waals surface area (Å²) in [7, 11) is -0.325. The van der Waals surface area contributed by atoms with Gasteiger partial charge in [-0.2, -0.15) is 5.10 Å². The van der Waals surface area contributed by atoms with Gasteiger partial charge in [0, 0.05) is 30.1 Å². The van der Waals surface area contributed by atoms with Crippen molar-refractivity contribution >= 4 is 12.6 Å². The van der Waals surface area contributed by atoms with Crippen molar-refractivity contribution in [2.45, 2.75) is 39.9 Å². The minimum Gasteiger partial charge on any atom is -0.405 e. The molecule has 0 saturated carbocycles. The Morgan fingerprint density at radius 3 is 2.14 bits per heavy atom. The third-order valence-electron chi connectivity index (χ3n) is 1.58. The van der Waals surface area contributed by atoms with Crippen LogP contribution in [0.4, 0.5) is 0 Å². The van der Waals surface area contributed by atoms with Crippen molar-refractivity contribution in [2.24, 2.45) is 0 Å². The van der Waals surface area contributed by atoms with Crippen molar-refractivity contribution in [2.75, 3.05) is 0 Å². The van der Waals surface area contributed by atoms with Crippen molar-refractivity contribution in [3.05, 3.63) is 12.4 Å². The number of nitrogens with one attached hydrogen (secondary N) is 1. The Morgan fingerprint density at radius 1 is 1.21 bits per heavy atom. The molecule has 4 nitrogen and oxygen atoms in total. The van der Waals surface area contributed by atoms with Crippen LogP contribution in [0.3, 0.4) is 0 Å². The van der Waals surface area contributed by atoms with E-state index in [0.717, 1.165) is 5.46 Å². The van der Waals surface area contributed by atoms with Crippen LogP contribution in [0.1, 0.15) is 27.7 Å². The summed E-state index contributed by atoms with van der Waals surface area (Å²) >= 11 is 0. The van der Waals surface area contributed by atoms with E-state index >= 15 is 0 Å². The van der Waals surface area contributed by atoms with E-state index < -0.39 is 0 Å². The highest BCUT2D eigenvalue weighted by molar-refractivity contribution is 6.61. The molecule has 1 aromatic rings. The number of hydrogen-bond acceptors (Lipinski definition) is 3. The van der Waals surface area contributed by atoms with E-state index in [0.29, 0.717) is 0 Å². The van der Waals surface area contributed by atoms with Gasteiger partial charge in [0.05, 0.1) is 0 Å². The Labute approximate surface area is 85.1 Å². The predicted molar refractivity (Wildman–Crippen MR) is 56.4 cm³/mol. The first-order valence-electron chi connectivity index (χ1n) is 4.89. The van der Waals surface area contributed by atoms with Crippen LogP contribution in [-0.4, -0.2) is 29.5 Å². The minimum atomic E-state index is -0.325. The van der Waals surface area contributed by atoms with Crippen molar-refractivity contribution in [1.29, 1.82) is 0 Å². The van der Waals surface area contributed by atoms with Crippen LogP contribution < -0.4 is 5.46 Å². The van der Waals surface area contributed by atoms with Gasteiger partial charge in [0.1, 0.15) is 0 Å². The Kier molecular flexibility index (Phi) is 4.16. The summed E-state index contributed by atoms with van der Waals surface area (Å²) in [5, 5.41) is 6.62. The molecule has 0 spiro atoms. The number of rotatable bonds is 5. The highest BCUT2D eigenvalue weighted by atomic mass is 16.6. The van der Waals surface area contributed by atoms with Gasteiger partial charge in [0.15, 0.2) is 0 Å². The molecule has 1 aromatic heterocycles. The molecular weight excluding hydrogens is 179 g/mol. The third kappa shape index (κ3) is 3.51. The summed E-state index contributed by atoms with van der Waals surface area (Å²) in [6.45, 7) is 7.93. The number of hydrogen-bond donors (Lipinski definition) is 1. The lowest BCUT2D eigenvalue weighted by Crippen LogP contribution is -2.40. The van der Waals surface area contributed by atoms with Gasteiger partial charge in [-0.05, 0) is 27.7 Å². The minimum absolute atomic E-state index is 0.133. The molecule has 1 N–H and O–H groups in total. The lowest BCUT2D eigenvalue weighted by Gasteiger charge is -2.18. The van der Waals surface area contributed by atoms with Crippen LogP contribution in [0, 0.1) is 0 Å². The zero-order valence-electron chi connectivity index (χ0n) is 9.15. The van der Waals surface area contributed by atoms with Crippen LogP contribution in [0.5, 0.6) is 0 Å². The molecular formula is C9H17BN2O2. The van der Waals surface area contributed by atoms with E-state index in [-0.39, 0.29) is 19.3 Å². The van der Waals surface area contributed by atoms with E-state index in [1.165, 1.54) is 0 Å². The molecule has 0 atom stereocenters. The molecule has 5 heteroatoms. The normalized spacial score (nSPS) is 11.3. The van der Waals surface area contributed by atoms with Crippen LogP contribution in [0.2, 0.25) is 0 Å². The van der Waals surface area contributed by atoms with Crippen LogP contribution in [-0.2, 0) is 9.31 Å². The zero-order chi connectivity index (χ0) is 10.6. The lowest BCUT2D eigenvalue weighted by molar-refractivity contribution is 0.139. The lowest BCUT2D eigenvalue weighted by atomic mass is 9.80. The maximum absolute atomic E-state index is 5.62. The highest BCUT2D eigenvalue weighted by Crippen LogP contribution is 2.00. The molecule has 0 aromatic carbocycles. The molecule has 0 unspecified atom stereocenters. The fraction of sp³-hybridized carbons (Fsp3) is 0.667. The first-order chi connectivity index (χ1) is 6.59. The van der Waals surface area contributed by atoms with Gasteiger partial charge >= 0.3 is 7.12 Å². The molecule has 78 valence electrons. The summed E-state index contributed by atoms with van der Waals surface area (Å²) in [5.74, 6) is 0. The summed E-state index contributed by atoms with van der Waals surface area (Å²) < 4.78 is 11.2. The monoisotopic (exact) mass is 196 g/mol. The Hall–Kier alpha value is -0.805. The molecule has 0 bridgehead atoms. The van der Waals surface area contributed by atoms with E-state index in [9.17, 15) is 0 Å². The molecule has 0 fully saturated rings. The van der Waals surface area contributed by atoms with Crippen molar-refractivity contribution in [3.8, 4) is 0 Å². The number of nitrogens with zero attached hydrogens (tertiary/aromatic N) is 1. The highest BCUT2D eigenvalue weighted by Gasteiger charge is 2.24. The first kappa shape index (κ1) is 11.3. The topological polar surface area (TPSA) is 47.1 Å². The number of H-pyrrole nitrogens is 1. The third-order valence-corrected chi connectivity index (χ3v) is 1.58. The summed E-state index contributed by atoms with van der Waals surface area (Å²) in [6.07, 6.45) is 3.77. The van der Waals surface area contributed by atoms with Crippen LogP contribution in [0.25, 0.3) is 0 Å². The summed E-state index contributed by atoms with van der Waals surface area (Å²) in [5.41, 5.74) is 0.924. The first-order valence-corrected chi connectivity index (χ1v) is 4.89. The molecule has 1 rings (SSSR count). The zero-order valence-corrected chi connectivity index (χ0v) is 9.15. The van der Waals surface area contributed by atoms with Crippen molar-refractivity contribution in [3.63, 3.8) is 0 Å². The van der Waals surface area contributed by atoms with E-state index in [1.807, 2.05) is 27.7 Å². The Bertz CT molecular complexity index is 239. The van der Waals surface area contributed by atoms with Crippen LogP contribution >= 0.6 is 0 Å². The molecule has 0 radical (unpaired) electrons. The van der Waals surface area contributed by atoms with Gasteiger partial charge < -0.3 is 9.31 Å². The maximum atomic E-state index is 5.62. The second kappa shape index (κ2) is 5.17. The molecule has 0 aliphatic carbocycles. The Morgan fingerprint density at radius 2 is 1.79 bits per heavy atom. The average molecular weight is 196 g/mol. The predicted octanol–water partition coefficient (Wildman–Crippen LogP) is 0.955. The van der Waals surface area contributed by atoms with E-state index in [4.69, 9.17) is 9.31 Å². The molecule has 14 heavy (non-hydrogen) atoms. The Balaban J connectivity index is 2.62. The van der Waals surface area contributed by atoms with Crippen molar-refractivity contribution in [1.82, 2.24) is 10.2 Å². The number of aromatic amines is 1. The SMILES string of the molecule is CC(C)OB(OC(C)C)c1cn[nH]c1. The molecule has 0 aliphatic heterocycles. The van der Waals surface area contributed by atoms with E-state index in [2.05, 4.69) is 10.2 Å². The van der Waals surface area contributed by atoms with E-state index in [1.54, 1.807) is 12.4 Å². The molecule has 0 amide bonds. The second-order valence-corrected chi connectivity index (χ2v) is 3.73. The smallest absolute Gasteiger partial charge is 0.405 e. The van der Waals surface area contributed by atoms with Crippen LogP contribution in [0.15, 0.2) is 12.4 Å². The van der Waals surface area contributed by atoms with Gasteiger partial charge in [-0.15, -0.1) is 0 Å². The van der Waals surface area contributed by atoms with Gasteiger partial charge in [-0.25, -0.2) is 0 Å². The van der Waals surface area contributed by atoms with Gasteiger partial charge in [0.25, 0.3) is 0 Å². The molecule has 0 saturated heterocycles. The molecule has 0 aliphatic rings. The molecule has 1 heterocycles. The summed E-state index contributed by atoms with van der Waals surface area (Å²) in [4.78, 5) is 0. The van der Waals surface area contributed by atoms with Gasteiger partial charge in [0.2, 0.25) is 0 Å². The number of aromatic nitrogens is 2. The second-order valence-electron chi connectivity index (χ2n) is 3.73. The van der Waals surface area contributed by atoms with Gasteiger partial charge in [-0.3, -0.25) is 5.10 Å². The summed E-state index contributed by atoms with van der Waals surface area (Å²) in [6, 6.07) is 0. The van der Waals surface area contributed by atoms with Crippen molar-refractivity contribution < 1.29 is 9.31 Å². The fourth-order valence-electron chi connectivity index (χ4n) is 1.07. The largest absolute Gasteiger partial charge is 0.497 e.